The molecule has 2 atom stereocenters. The van der Waals surface area contributed by atoms with E-state index in [0.29, 0.717) is 26.1 Å². The number of nitrogens with zero attached hydrogens (tertiary/aromatic N) is 6. The highest BCUT2D eigenvalue weighted by atomic mass is 16.6. The molecule has 54 heavy (non-hydrogen) atoms. The number of carbonyl (C=O) groups is 4. The van der Waals surface area contributed by atoms with E-state index in [4.69, 9.17) is 23.7 Å². The van der Waals surface area contributed by atoms with Crippen molar-refractivity contribution in [2.24, 2.45) is 0 Å². The van der Waals surface area contributed by atoms with Crippen LogP contribution in [0, 0.1) is 0 Å². The lowest BCUT2D eigenvalue weighted by molar-refractivity contribution is -0.145. The zero-order valence-electron chi connectivity index (χ0n) is 33.6. The second-order valence-corrected chi connectivity index (χ2v) is 13.8. The fourth-order valence-electron chi connectivity index (χ4n) is 5.39. The van der Waals surface area contributed by atoms with Crippen LogP contribution < -0.4 is 0 Å². The van der Waals surface area contributed by atoms with Crippen LogP contribution in [0.1, 0.15) is 46.5 Å². The van der Waals surface area contributed by atoms with Crippen LogP contribution in [0.15, 0.2) is 49.1 Å². The van der Waals surface area contributed by atoms with Crippen LogP contribution in [0.4, 0.5) is 0 Å². The summed E-state index contributed by atoms with van der Waals surface area (Å²) in [5.41, 5.74) is 0. The number of carbonyl (C=O) groups excluding carboxylic acids is 4. The van der Waals surface area contributed by atoms with E-state index in [9.17, 15) is 19.2 Å². The van der Waals surface area contributed by atoms with Crippen molar-refractivity contribution in [1.29, 1.82) is 0 Å². The lowest BCUT2D eigenvalue weighted by atomic mass is 10.3. The van der Waals surface area contributed by atoms with Gasteiger partial charge in [-0.15, -0.1) is 0 Å². The van der Waals surface area contributed by atoms with Gasteiger partial charge in [-0.25, -0.2) is 19.2 Å². The van der Waals surface area contributed by atoms with E-state index < -0.39 is 30.0 Å². The summed E-state index contributed by atoms with van der Waals surface area (Å²) in [6, 6.07) is 0. The van der Waals surface area contributed by atoms with E-state index in [1.165, 1.54) is 31.4 Å². The van der Waals surface area contributed by atoms with Gasteiger partial charge in [-0.1, -0.05) is 6.92 Å². The van der Waals surface area contributed by atoms with Gasteiger partial charge in [0.05, 0.1) is 19.3 Å². The highest BCUT2D eigenvalue weighted by Crippen LogP contribution is 2.07. The molecule has 0 saturated carbocycles. The number of likely N-dealkylation sites (N-methyl/N-ethyl adjacent to an activating group) is 2. The minimum Gasteiger partial charge on any atom is -0.462 e. The van der Waals surface area contributed by atoms with Crippen LogP contribution in [0.2, 0.25) is 0 Å². The molecule has 0 aliphatic carbocycles. The predicted molar refractivity (Wildman–Crippen MR) is 207 cm³/mol. The average Bonchev–Trinajstić information content (AvgIpc) is 3.14. The van der Waals surface area contributed by atoms with Crippen molar-refractivity contribution >= 4 is 23.9 Å². The van der Waals surface area contributed by atoms with Crippen molar-refractivity contribution in [1.82, 2.24) is 29.4 Å². The van der Waals surface area contributed by atoms with Crippen LogP contribution in [-0.2, 0) is 42.9 Å². The first-order valence-electron chi connectivity index (χ1n) is 19.3. The van der Waals surface area contributed by atoms with Crippen molar-refractivity contribution in [2.45, 2.75) is 58.7 Å². The molecule has 0 amide bonds. The molecule has 2 rings (SSSR count). The monoisotopic (exact) mass is 762 g/mol. The zero-order chi connectivity index (χ0) is 39.6. The predicted octanol–water partition coefficient (Wildman–Crippen LogP) is 2.32. The minimum absolute atomic E-state index is 0.0498. The van der Waals surface area contributed by atoms with Gasteiger partial charge >= 0.3 is 23.9 Å². The van der Waals surface area contributed by atoms with Crippen molar-refractivity contribution in [3.8, 4) is 0 Å². The van der Waals surface area contributed by atoms with Crippen LogP contribution in [0.3, 0.4) is 0 Å². The third kappa shape index (κ3) is 22.5. The van der Waals surface area contributed by atoms with Crippen molar-refractivity contribution in [3.05, 3.63) is 49.1 Å². The molecule has 0 aromatic heterocycles. The summed E-state index contributed by atoms with van der Waals surface area (Å²) in [6.07, 6.45) is 13.7. The van der Waals surface area contributed by atoms with Crippen LogP contribution in [-0.4, -0.2) is 185 Å². The third-order valence-electron chi connectivity index (χ3n) is 9.09. The summed E-state index contributed by atoms with van der Waals surface area (Å²) >= 11 is 0. The molecule has 2 aliphatic rings. The van der Waals surface area contributed by atoms with Crippen LogP contribution >= 0.6 is 0 Å². The molecule has 2 saturated heterocycles. The Morgan fingerprint density at radius 3 is 1.43 bits per heavy atom. The molecule has 2 unspecified atom stereocenters. The summed E-state index contributed by atoms with van der Waals surface area (Å²) < 4.78 is 26.2. The maximum atomic E-state index is 12.6. The van der Waals surface area contributed by atoms with Crippen molar-refractivity contribution in [2.75, 3.05) is 120 Å². The molecule has 0 radical (unpaired) electrons. The number of methoxy groups -OCH3 is 1. The molecule has 0 spiro atoms. The number of hydrogen-bond donors (Lipinski definition) is 0. The van der Waals surface area contributed by atoms with E-state index >= 15 is 0 Å². The SMILES string of the molecule is CCC(C)OC(=O)/C=C/N(/C=C/C(=O)OCCC(C)OC(=O)/C=C/N(/C=C/C(=O)OCCOC)CCCN1CCN(C)CC1)CCCN1CCN(C)CC1. The topological polar surface area (TPSA) is 134 Å². The largest absolute Gasteiger partial charge is 0.462 e. The van der Waals surface area contributed by atoms with Gasteiger partial charge < -0.3 is 53.1 Å². The van der Waals surface area contributed by atoms with Crippen molar-refractivity contribution in [3.63, 3.8) is 0 Å². The highest BCUT2D eigenvalue weighted by Gasteiger charge is 2.15. The Kier molecular flexibility index (Phi) is 23.9. The first kappa shape index (κ1) is 46.4. The molecule has 0 aromatic rings. The Bertz CT molecular complexity index is 1210. The van der Waals surface area contributed by atoms with Crippen molar-refractivity contribution < 1.29 is 42.9 Å². The van der Waals surface area contributed by atoms with Gasteiger partial charge in [-0.05, 0) is 60.3 Å². The van der Waals surface area contributed by atoms with Gasteiger partial charge in [0.25, 0.3) is 0 Å². The minimum atomic E-state index is -0.556. The summed E-state index contributed by atoms with van der Waals surface area (Å²) in [5.74, 6) is -2.05. The lowest BCUT2D eigenvalue weighted by Gasteiger charge is -2.32. The van der Waals surface area contributed by atoms with Crippen LogP contribution in [0.25, 0.3) is 0 Å². The quantitative estimate of drug-likeness (QED) is 0.0583. The third-order valence-corrected chi connectivity index (χ3v) is 9.09. The molecule has 0 bridgehead atoms. The molecular weight excluding hydrogens is 696 g/mol. The fourth-order valence-corrected chi connectivity index (χ4v) is 5.39. The Balaban J connectivity index is 1.84. The standard InChI is InChI=1S/C39H66N6O9/c1-7-34(2)53-38(48)12-21-42(15-8-17-44-27-23-40(4)24-28-44)19-10-36(46)51-31-14-35(3)54-39(49)13-22-43(20-11-37(47)52-33-32-50-6)16-9-18-45-29-25-41(5)26-30-45/h10-13,19-22,34-35H,7-9,14-18,23-33H2,1-6H3/b19-10+,20-11+,21-12+,22-13+. The normalized spacial score (nSPS) is 17.7. The summed E-state index contributed by atoms with van der Waals surface area (Å²) in [7, 11) is 5.77. The zero-order valence-corrected chi connectivity index (χ0v) is 33.6. The Morgan fingerprint density at radius 1 is 0.593 bits per heavy atom. The van der Waals surface area contributed by atoms with Gasteiger partial charge in [0.1, 0.15) is 12.7 Å². The summed E-state index contributed by atoms with van der Waals surface area (Å²) in [4.78, 5) is 62.5. The van der Waals surface area contributed by atoms with E-state index in [1.807, 2.05) is 13.8 Å². The van der Waals surface area contributed by atoms with E-state index in [2.05, 4.69) is 33.7 Å². The summed E-state index contributed by atoms with van der Waals surface area (Å²) in [5, 5.41) is 0. The van der Waals surface area contributed by atoms with Gasteiger partial charge in [0.2, 0.25) is 0 Å². The van der Waals surface area contributed by atoms with Gasteiger partial charge in [0, 0.05) is 128 Å². The Morgan fingerprint density at radius 2 is 1.00 bits per heavy atom. The van der Waals surface area contributed by atoms with Crippen LogP contribution in [0.5, 0.6) is 0 Å². The molecular formula is C39H66N6O9. The Hall–Kier alpha value is -3.76. The number of hydrogen-bond acceptors (Lipinski definition) is 15. The summed E-state index contributed by atoms with van der Waals surface area (Å²) in [6.45, 7) is 17.2. The number of esters is 4. The average molecular weight is 763 g/mol. The molecule has 0 N–H and O–H groups in total. The van der Waals surface area contributed by atoms with E-state index in [1.54, 1.807) is 41.5 Å². The maximum Gasteiger partial charge on any atom is 0.332 e. The van der Waals surface area contributed by atoms with Gasteiger partial charge in [-0.2, -0.15) is 0 Å². The molecule has 15 heteroatoms. The second-order valence-electron chi connectivity index (χ2n) is 13.8. The number of ether oxygens (including phenoxy) is 5. The first-order chi connectivity index (χ1) is 26.0. The fraction of sp³-hybridized carbons (Fsp3) is 0.692. The Labute approximate surface area is 323 Å². The molecule has 2 heterocycles. The van der Waals surface area contributed by atoms with Gasteiger partial charge in [0.15, 0.2) is 0 Å². The lowest BCUT2D eigenvalue weighted by Crippen LogP contribution is -2.45. The number of rotatable bonds is 25. The van der Waals surface area contributed by atoms with E-state index in [-0.39, 0.29) is 19.3 Å². The first-order valence-corrected chi connectivity index (χ1v) is 19.3. The molecule has 2 aliphatic heterocycles. The molecule has 306 valence electrons. The maximum absolute atomic E-state index is 12.6. The van der Waals surface area contributed by atoms with E-state index in [0.717, 1.165) is 84.7 Å². The molecule has 2 fully saturated rings. The smallest absolute Gasteiger partial charge is 0.332 e. The second kappa shape index (κ2) is 27.8. The van der Waals surface area contributed by atoms with Gasteiger partial charge in [-0.3, -0.25) is 0 Å². The molecule has 0 aromatic carbocycles. The molecule has 15 nitrogen and oxygen atoms in total. The number of piperazine rings is 2. The highest BCUT2D eigenvalue weighted by molar-refractivity contribution is 5.83.